The summed E-state index contributed by atoms with van der Waals surface area (Å²) in [6.45, 7) is 1.73. The molecule has 21 heavy (non-hydrogen) atoms. The molecule has 2 N–H and O–H groups in total. The largest absolute Gasteiger partial charge is 0.350 e. The molecule has 1 aromatic carbocycles. The monoisotopic (exact) mass is 310 g/mol. The number of aromatic nitrogens is 1. The molecular formula is C14H15FN2O3S. The zero-order chi connectivity index (χ0) is 15.2. The fourth-order valence-corrected chi connectivity index (χ4v) is 4.37. The Morgan fingerprint density at radius 3 is 2.86 bits per heavy atom. The van der Waals surface area contributed by atoms with Crippen LogP contribution in [0.15, 0.2) is 18.2 Å². The number of hydrogen-bond acceptors (Lipinski definition) is 3. The fraction of sp³-hybridized carbons (Fsp3) is 0.357. The summed E-state index contributed by atoms with van der Waals surface area (Å²) in [5.74, 6) is -0.633. The van der Waals surface area contributed by atoms with Crippen LogP contribution in [0.25, 0.3) is 10.9 Å². The van der Waals surface area contributed by atoms with Crippen molar-refractivity contribution in [1.82, 2.24) is 10.3 Å². The SMILES string of the molecule is Cc1c(C(=O)NC2CCS(=O)(=O)C2)[nH]c2ccc(F)cc12. The number of hydrogen-bond donors (Lipinski definition) is 2. The lowest BCUT2D eigenvalue weighted by molar-refractivity contribution is 0.0936. The Labute approximate surface area is 121 Å². The molecule has 2 aromatic rings. The van der Waals surface area contributed by atoms with Gasteiger partial charge in [0.2, 0.25) is 0 Å². The molecule has 112 valence electrons. The minimum atomic E-state index is -3.04. The number of carbonyl (C=O) groups excluding carboxylic acids is 1. The Bertz CT molecular complexity index is 826. The molecule has 1 saturated heterocycles. The number of nitrogens with one attached hydrogen (secondary N) is 2. The molecule has 1 fully saturated rings. The second kappa shape index (κ2) is 4.84. The number of halogens is 1. The van der Waals surface area contributed by atoms with E-state index in [9.17, 15) is 17.6 Å². The van der Waals surface area contributed by atoms with Crippen molar-refractivity contribution in [2.24, 2.45) is 0 Å². The van der Waals surface area contributed by atoms with Crippen LogP contribution in [0.4, 0.5) is 4.39 Å². The van der Waals surface area contributed by atoms with Gasteiger partial charge in [-0.3, -0.25) is 4.79 Å². The average Bonchev–Trinajstić information content (AvgIpc) is 2.90. The highest BCUT2D eigenvalue weighted by Crippen LogP contribution is 2.23. The number of benzene rings is 1. The van der Waals surface area contributed by atoms with E-state index in [4.69, 9.17) is 0 Å². The third-order valence-corrected chi connectivity index (χ3v) is 5.58. The topological polar surface area (TPSA) is 79.0 Å². The average molecular weight is 310 g/mol. The van der Waals surface area contributed by atoms with Gasteiger partial charge in [0.1, 0.15) is 11.5 Å². The van der Waals surface area contributed by atoms with Crippen molar-refractivity contribution in [3.05, 3.63) is 35.3 Å². The van der Waals surface area contributed by atoms with E-state index in [0.29, 0.717) is 28.6 Å². The summed E-state index contributed by atoms with van der Waals surface area (Å²) in [4.78, 5) is 15.2. The minimum Gasteiger partial charge on any atom is -0.350 e. The molecule has 1 aliphatic rings. The lowest BCUT2D eigenvalue weighted by Crippen LogP contribution is -2.36. The number of carbonyl (C=O) groups is 1. The van der Waals surface area contributed by atoms with E-state index in [1.54, 1.807) is 13.0 Å². The number of H-pyrrole nitrogens is 1. The van der Waals surface area contributed by atoms with Crippen molar-refractivity contribution in [1.29, 1.82) is 0 Å². The van der Waals surface area contributed by atoms with Gasteiger partial charge in [0, 0.05) is 16.9 Å². The third-order valence-electron chi connectivity index (χ3n) is 3.82. The van der Waals surface area contributed by atoms with E-state index in [0.717, 1.165) is 0 Å². The van der Waals surface area contributed by atoms with E-state index in [2.05, 4.69) is 10.3 Å². The number of aryl methyl sites for hydroxylation is 1. The first kappa shape index (κ1) is 14.1. The second-order valence-corrected chi connectivity index (χ2v) is 7.62. The van der Waals surface area contributed by atoms with Gasteiger partial charge in [-0.15, -0.1) is 0 Å². The van der Waals surface area contributed by atoms with Gasteiger partial charge in [0.25, 0.3) is 5.91 Å². The van der Waals surface area contributed by atoms with Crippen LogP contribution in [0.2, 0.25) is 0 Å². The molecule has 0 bridgehead atoms. The molecule has 0 radical (unpaired) electrons. The van der Waals surface area contributed by atoms with Gasteiger partial charge in [-0.05, 0) is 37.1 Å². The summed E-state index contributed by atoms with van der Waals surface area (Å²) in [5.41, 5.74) is 1.68. The van der Waals surface area contributed by atoms with Crippen LogP contribution in [-0.2, 0) is 9.84 Å². The molecule has 1 amide bonds. The van der Waals surface area contributed by atoms with Crippen LogP contribution in [0.1, 0.15) is 22.5 Å². The summed E-state index contributed by atoms with van der Waals surface area (Å²) in [6, 6.07) is 3.92. The molecule has 1 aromatic heterocycles. The second-order valence-electron chi connectivity index (χ2n) is 5.39. The Balaban J connectivity index is 1.87. The Morgan fingerprint density at radius 1 is 1.43 bits per heavy atom. The molecule has 1 atom stereocenters. The van der Waals surface area contributed by atoms with Crippen LogP contribution in [0, 0.1) is 12.7 Å². The molecule has 0 aliphatic carbocycles. The maximum Gasteiger partial charge on any atom is 0.268 e. The molecule has 3 rings (SSSR count). The Kier molecular flexibility index (Phi) is 3.24. The Morgan fingerprint density at radius 2 is 2.19 bits per heavy atom. The molecule has 7 heteroatoms. The molecule has 5 nitrogen and oxygen atoms in total. The standard InChI is InChI=1S/C14H15FN2O3S/c1-8-11-6-9(15)2-3-12(11)17-13(8)14(18)16-10-4-5-21(19,20)7-10/h2-3,6,10,17H,4-5,7H2,1H3,(H,16,18). The summed E-state index contributed by atoms with van der Waals surface area (Å²) < 4.78 is 36.1. The van der Waals surface area contributed by atoms with E-state index >= 15 is 0 Å². The van der Waals surface area contributed by atoms with Gasteiger partial charge < -0.3 is 10.3 Å². The summed E-state index contributed by atoms with van der Waals surface area (Å²) in [7, 11) is -3.04. The smallest absolute Gasteiger partial charge is 0.268 e. The first-order valence-corrected chi connectivity index (χ1v) is 8.47. The van der Waals surface area contributed by atoms with Crippen molar-refractivity contribution in [3.63, 3.8) is 0 Å². The normalized spacial score (nSPS) is 20.8. The van der Waals surface area contributed by atoms with Crippen LogP contribution in [0.5, 0.6) is 0 Å². The van der Waals surface area contributed by atoms with Gasteiger partial charge >= 0.3 is 0 Å². The zero-order valence-corrected chi connectivity index (χ0v) is 12.3. The Hall–Kier alpha value is -1.89. The summed E-state index contributed by atoms with van der Waals surface area (Å²) >= 11 is 0. The number of rotatable bonds is 2. The molecule has 2 heterocycles. The lowest BCUT2D eigenvalue weighted by Gasteiger charge is -2.10. The van der Waals surface area contributed by atoms with E-state index < -0.39 is 9.84 Å². The molecule has 1 unspecified atom stereocenters. The highest BCUT2D eigenvalue weighted by molar-refractivity contribution is 7.91. The van der Waals surface area contributed by atoms with Crippen LogP contribution in [-0.4, -0.2) is 36.9 Å². The van der Waals surface area contributed by atoms with Crippen LogP contribution < -0.4 is 5.32 Å². The van der Waals surface area contributed by atoms with Gasteiger partial charge in [-0.2, -0.15) is 0 Å². The van der Waals surface area contributed by atoms with E-state index in [1.165, 1.54) is 12.1 Å². The predicted molar refractivity (Wildman–Crippen MR) is 77.5 cm³/mol. The number of fused-ring (bicyclic) bond motifs is 1. The number of amides is 1. The van der Waals surface area contributed by atoms with Crippen molar-refractivity contribution in [2.45, 2.75) is 19.4 Å². The number of sulfone groups is 1. The summed E-state index contributed by atoms with van der Waals surface area (Å²) in [6.07, 6.45) is 0.433. The highest BCUT2D eigenvalue weighted by atomic mass is 32.2. The van der Waals surface area contributed by atoms with E-state index in [-0.39, 0.29) is 29.3 Å². The van der Waals surface area contributed by atoms with E-state index in [1.807, 2.05) is 0 Å². The molecule has 0 spiro atoms. The van der Waals surface area contributed by atoms with Gasteiger partial charge in [0.05, 0.1) is 11.5 Å². The maximum absolute atomic E-state index is 13.3. The molecule has 0 saturated carbocycles. The maximum atomic E-state index is 13.3. The van der Waals surface area contributed by atoms with Crippen LogP contribution in [0.3, 0.4) is 0 Å². The zero-order valence-electron chi connectivity index (χ0n) is 11.4. The highest BCUT2D eigenvalue weighted by Gasteiger charge is 2.29. The van der Waals surface area contributed by atoms with Crippen molar-refractivity contribution < 1.29 is 17.6 Å². The van der Waals surface area contributed by atoms with Crippen LogP contribution >= 0.6 is 0 Å². The van der Waals surface area contributed by atoms with Crippen molar-refractivity contribution in [3.8, 4) is 0 Å². The first-order valence-electron chi connectivity index (χ1n) is 6.65. The quantitative estimate of drug-likeness (QED) is 0.883. The fourth-order valence-electron chi connectivity index (χ4n) is 2.69. The van der Waals surface area contributed by atoms with Gasteiger partial charge in [-0.1, -0.05) is 0 Å². The predicted octanol–water partition coefficient (Wildman–Crippen LogP) is 1.53. The summed E-state index contributed by atoms with van der Waals surface area (Å²) in [5, 5.41) is 3.38. The lowest BCUT2D eigenvalue weighted by atomic mass is 10.1. The van der Waals surface area contributed by atoms with Gasteiger partial charge in [0.15, 0.2) is 9.84 Å². The first-order chi connectivity index (χ1) is 9.85. The van der Waals surface area contributed by atoms with Gasteiger partial charge in [-0.25, -0.2) is 12.8 Å². The van der Waals surface area contributed by atoms with Crippen molar-refractivity contribution >= 4 is 26.6 Å². The molecule has 1 aliphatic heterocycles. The number of aromatic amines is 1. The molecular weight excluding hydrogens is 295 g/mol. The minimum absolute atomic E-state index is 0.0212. The van der Waals surface area contributed by atoms with Crippen molar-refractivity contribution in [2.75, 3.05) is 11.5 Å². The third kappa shape index (κ3) is 2.65.